The molecule has 4 heavy (non-hydrogen) atoms. The fourth-order valence-electron chi connectivity index (χ4n) is 0. The summed E-state index contributed by atoms with van der Waals surface area (Å²) >= 11 is 0.569. The summed E-state index contributed by atoms with van der Waals surface area (Å²) in [5, 5.41) is 0. The zero-order valence-electron chi connectivity index (χ0n) is 1.43. The first-order valence-electron chi connectivity index (χ1n) is 0.239. The van der Waals surface area contributed by atoms with Gasteiger partial charge < -0.3 is 0 Å². The molecule has 0 aromatic heterocycles. The van der Waals surface area contributed by atoms with E-state index in [-0.39, 0.29) is 37.7 Å². The van der Waals surface area contributed by atoms with Crippen LogP contribution in [0.15, 0.2) is 0 Å². The maximum absolute atomic E-state index is 4.70. The summed E-state index contributed by atoms with van der Waals surface area (Å²) in [5.74, 6) is 0. The topological polar surface area (TPSA) is 0 Å². The van der Waals surface area contributed by atoms with Gasteiger partial charge in [0.25, 0.3) is 0 Å². The Balaban J connectivity index is 0. The van der Waals surface area contributed by atoms with Gasteiger partial charge in [0.2, 0.25) is 0 Å². The van der Waals surface area contributed by atoms with Crippen LogP contribution in [0.25, 0.3) is 0 Å². The number of rotatable bonds is 0. The van der Waals surface area contributed by atoms with Crippen LogP contribution >= 0.6 is 20.4 Å². The van der Waals surface area contributed by atoms with Crippen LogP contribution in [0, 0.1) is 37.7 Å². The van der Waals surface area contributed by atoms with E-state index in [2.05, 4.69) is 0 Å². The molecule has 0 spiro atoms. The van der Waals surface area contributed by atoms with Crippen LogP contribution in [0.4, 0.5) is 0 Å². The molecule has 32 valence electrons. The van der Waals surface area contributed by atoms with Gasteiger partial charge >= 0.3 is 33.0 Å². The summed E-state index contributed by atoms with van der Waals surface area (Å²) in [6, 6.07) is 0. The van der Waals surface area contributed by atoms with Crippen molar-refractivity contribution in [2.45, 2.75) is 0 Å². The summed E-state index contributed by atoms with van der Waals surface area (Å²) < 4.78 is 0. The molecule has 0 saturated heterocycles. The molecule has 0 radical (unpaired) electrons. The van der Waals surface area contributed by atoms with E-state index in [1.54, 1.807) is 0 Å². The normalized spacial score (nSPS) is 5.50. The Morgan fingerprint density at radius 2 is 1.25 bits per heavy atom. The van der Waals surface area contributed by atoms with Crippen molar-refractivity contribution < 1.29 is 50.4 Å². The van der Waals surface area contributed by atoms with Gasteiger partial charge in [0, 0.05) is 37.7 Å². The molecule has 0 saturated carbocycles. The first-order valence-corrected chi connectivity index (χ1v) is 2.96. The molecule has 0 atom stereocenters. The van der Waals surface area contributed by atoms with Gasteiger partial charge in [0.1, 0.15) is 0 Å². The maximum atomic E-state index is 4.70. The Bertz CT molecular complexity index is 6.00. The Morgan fingerprint density at radius 1 is 1.25 bits per heavy atom. The zero-order chi connectivity index (χ0) is 2.71. The molecule has 0 aromatic carbocycles. The third kappa shape index (κ3) is 8.84. The van der Waals surface area contributed by atoms with Gasteiger partial charge in [-0.2, -0.15) is 0 Å². The molecule has 0 unspecified atom stereocenters. The molecule has 0 heterocycles. The average molecular weight is 170 g/mol. The third-order valence-corrected chi connectivity index (χ3v) is 0. The third-order valence-electron chi connectivity index (χ3n) is 0. The van der Waals surface area contributed by atoms with Crippen molar-refractivity contribution in [3.05, 3.63) is 0 Å². The van der Waals surface area contributed by atoms with Gasteiger partial charge in [-0.05, 0) is 0 Å². The van der Waals surface area contributed by atoms with Gasteiger partial charge in [-0.25, -0.2) is 0 Å². The van der Waals surface area contributed by atoms with Crippen LogP contribution in [0.3, 0.4) is 0 Å². The summed E-state index contributed by atoms with van der Waals surface area (Å²) in [6.07, 6.45) is 0. The number of hydrogen-bond acceptors (Lipinski definition) is 0. The van der Waals surface area contributed by atoms with Crippen LogP contribution in [0.1, 0.15) is 0 Å². The first kappa shape index (κ1) is 9.59. The summed E-state index contributed by atoms with van der Waals surface area (Å²) in [4.78, 5) is 0. The molecule has 0 aliphatic carbocycles. The minimum atomic E-state index is 0. The predicted molar refractivity (Wildman–Crippen MR) is 11.7 cm³/mol. The Hall–Kier alpha value is 2.33. The van der Waals surface area contributed by atoms with E-state index in [1.165, 1.54) is 0 Å². The van der Waals surface area contributed by atoms with E-state index in [0.29, 0.717) is 12.7 Å². The molecule has 0 nitrogen and oxygen atoms in total. The van der Waals surface area contributed by atoms with Crippen molar-refractivity contribution in [3.63, 3.8) is 0 Å². The van der Waals surface area contributed by atoms with Crippen LogP contribution in [0.5, 0.6) is 0 Å². The fourth-order valence-corrected chi connectivity index (χ4v) is 0. The molecular formula is ArCl2Ni. The SMILES string of the molecule is [Ar].[Cl][Ni][Cl]. The second kappa shape index (κ2) is 9.01. The molecule has 0 aliphatic heterocycles. The van der Waals surface area contributed by atoms with Crippen molar-refractivity contribution in [1.82, 2.24) is 0 Å². The predicted octanol–water partition coefficient (Wildman–Crippen LogP) is 1.38. The fraction of sp³-hybridized carbons (Fsp3) is 0. The second-order valence-electron chi connectivity index (χ2n) is 0.0452. The molecule has 0 bridgehead atoms. The first-order chi connectivity index (χ1) is 1.41. The van der Waals surface area contributed by atoms with E-state index in [1.807, 2.05) is 0 Å². The Morgan fingerprint density at radius 3 is 1.25 bits per heavy atom. The summed E-state index contributed by atoms with van der Waals surface area (Å²) in [7, 11) is 9.40. The number of halogens is 2. The Labute approximate surface area is 69.6 Å². The molecule has 4 heteroatoms. The van der Waals surface area contributed by atoms with Crippen LogP contribution in [-0.2, 0) is 12.7 Å². The molecule has 0 aliphatic rings. The van der Waals surface area contributed by atoms with Gasteiger partial charge in [-0.15, -0.1) is 0 Å². The quantitative estimate of drug-likeness (QED) is 0.481. The summed E-state index contributed by atoms with van der Waals surface area (Å²) in [6.45, 7) is 0. The van der Waals surface area contributed by atoms with Gasteiger partial charge in [0.05, 0.1) is 0 Å². The molecule has 0 fully saturated rings. The Kier molecular flexibility index (Phi) is 21.6. The standard InChI is InChI=1S/Ar.2ClH.Ni/h;2*1H;/q;;;+2/p-2. The molecule has 0 amide bonds. The van der Waals surface area contributed by atoms with Crippen LogP contribution in [-0.4, -0.2) is 0 Å². The van der Waals surface area contributed by atoms with E-state index in [4.69, 9.17) is 20.4 Å². The monoisotopic (exact) mass is 168 g/mol. The van der Waals surface area contributed by atoms with E-state index in [9.17, 15) is 0 Å². The molecular weight excluding hydrogens is 170 g/mol. The van der Waals surface area contributed by atoms with E-state index in [0.717, 1.165) is 0 Å². The van der Waals surface area contributed by atoms with Crippen LogP contribution < -0.4 is 0 Å². The second-order valence-corrected chi connectivity index (χ2v) is 1.68. The van der Waals surface area contributed by atoms with E-state index < -0.39 is 0 Å². The van der Waals surface area contributed by atoms with Gasteiger partial charge in [-0.1, -0.05) is 0 Å². The molecule has 0 rings (SSSR count). The zero-order valence-corrected chi connectivity index (χ0v) is 4.63. The van der Waals surface area contributed by atoms with Gasteiger partial charge in [-0.3, -0.25) is 0 Å². The summed E-state index contributed by atoms with van der Waals surface area (Å²) in [5.41, 5.74) is 0. The van der Waals surface area contributed by atoms with E-state index >= 15 is 0 Å². The van der Waals surface area contributed by atoms with Crippen molar-refractivity contribution in [2.75, 3.05) is 0 Å². The minimum absolute atomic E-state index is 0. The van der Waals surface area contributed by atoms with Crippen molar-refractivity contribution in [2.24, 2.45) is 0 Å². The van der Waals surface area contributed by atoms with Gasteiger partial charge in [0.15, 0.2) is 0 Å². The van der Waals surface area contributed by atoms with Crippen molar-refractivity contribution >= 4 is 20.4 Å². The average Bonchev–Trinajstić information content (AvgIpc) is 0.918. The van der Waals surface area contributed by atoms with Crippen molar-refractivity contribution in [3.8, 4) is 0 Å². The molecule has 0 aromatic rings. The van der Waals surface area contributed by atoms with Crippen molar-refractivity contribution in [1.29, 1.82) is 0 Å². The number of hydrogen-bond donors (Lipinski definition) is 0. The molecule has 0 N–H and O–H groups in total. The van der Waals surface area contributed by atoms with Crippen LogP contribution in [0.2, 0.25) is 0 Å².